The SMILES string of the molecule is Nc1nccc(N(CCCO)C2CCC2)n1. The number of rotatable bonds is 5. The van der Waals surface area contributed by atoms with Crippen LogP contribution in [0.2, 0.25) is 0 Å². The average molecular weight is 222 g/mol. The van der Waals surface area contributed by atoms with Crippen LogP contribution in [0.3, 0.4) is 0 Å². The number of aromatic nitrogens is 2. The highest BCUT2D eigenvalue weighted by Gasteiger charge is 2.25. The third-order valence-corrected chi connectivity index (χ3v) is 3.03. The van der Waals surface area contributed by atoms with Crippen LogP contribution in [-0.4, -0.2) is 34.3 Å². The third kappa shape index (κ3) is 2.41. The van der Waals surface area contributed by atoms with Crippen LogP contribution in [0, 0.1) is 0 Å². The summed E-state index contributed by atoms with van der Waals surface area (Å²) >= 11 is 0. The fraction of sp³-hybridized carbons (Fsp3) is 0.636. The van der Waals surface area contributed by atoms with Crippen LogP contribution >= 0.6 is 0 Å². The van der Waals surface area contributed by atoms with Crippen molar-refractivity contribution in [2.75, 3.05) is 23.8 Å². The van der Waals surface area contributed by atoms with E-state index in [0.29, 0.717) is 12.0 Å². The topological polar surface area (TPSA) is 75.3 Å². The summed E-state index contributed by atoms with van der Waals surface area (Å²) in [7, 11) is 0. The molecule has 0 radical (unpaired) electrons. The van der Waals surface area contributed by atoms with Gasteiger partial charge >= 0.3 is 0 Å². The van der Waals surface area contributed by atoms with Gasteiger partial charge in [-0.1, -0.05) is 0 Å². The lowest BCUT2D eigenvalue weighted by molar-refractivity contribution is 0.282. The average Bonchev–Trinajstić information content (AvgIpc) is 2.21. The number of hydrogen-bond acceptors (Lipinski definition) is 5. The molecule has 0 atom stereocenters. The summed E-state index contributed by atoms with van der Waals surface area (Å²) in [6.07, 6.45) is 6.13. The predicted octanol–water partition coefficient (Wildman–Crippen LogP) is 0.800. The maximum absolute atomic E-state index is 8.91. The molecule has 2 rings (SSSR count). The van der Waals surface area contributed by atoms with Crippen molar-refractivity contribution >= 4 is 11.8 Å². The molecule has 0 saturated heterocycles. The van der Waals surface area contributed by atoms with Gasteiger partial charge in [-0.3, -0.25) is 0 Å². The number of nitrogens with zero attached hydrogens (tertiary/aromatic N) is 3. The molecule has 0 unspecified atom stereocenters. The largest absolute Gasteiger partial charge is 0.396 e. The lowest BCUT2D eigenvalue weighted by Gasteiger charge is -2.38. The molecule has 16 heavy (non-hydrogen) atoms. The van der Waals surface area contributed by atoms with Gasteiger partial charge in [-0.2, -0.15) is 4.98 Å². The van der Waals surface area contributed by atoms with Gasteiger partial charge in [0, 0.05) is 25.4 Å². The molecule has 0 aromatic carbocycles. The van der Waals surface area contributed by atoms with Gasteiger partial charge in [-0.15, -0.1) is 0 Å². The van der Waals surface area contributed by atoms with Gasteiger partial charge in [0.15, 0.2) is 0 Å². The van der Waals surface area contributed by atoms with Crippen molar-refractivity contribution in [2.45, 2.75) is 31.7 Å². The minimum atomic E-state index is 0.212. The highest BCUT2D eigenvalue weighted by Crippen LogP contribution is 2.28. The van der Waals surface area contributed by atoms with Crippen LogP contribution in [0.25, 0.3) is 0 Å². The molecule has 1 heterocycles. The first kappa shape index (κ1) is 11.1. The van der Waals surface area contributed by atoms with Gasteiger partial charge in [0.1, 0.15) is 5.82 Å². The molecule has 1 aromatic heterocycles. The normalized spacial score (nSPS) is 15.8. The molecule has 5 nitrogen and oxygen atoms in total. The van der Waals surface area contributed by atoms with Crippen molar-refractivity contribution in [1.29, 1.82) is 0 Å². The molecule has 1 aromatic rings. The van der Waals surface area contributed by atoms with Crippen molar-refractivity contribution in [3.8, 4) is 0 Å². The molecule has 0 spiro atoms. The Bertz CT molecular complexity index is 341. The number of hydrogen-bond donors (Lipinski definition) is 2. The minimum Gasteiger partial charge on any atom is -0.396 e. The zero-order valence-corrected chi connectivity index (χ0v) is 9.34. The summed E-state index contributed by atoms with van der Waals surface area (Å²) in [5, 5.41) is 8.91. The fourth-order valence-corrected chi connectivity index (χ4v) is 1.95. The van der Waals surface area contributed by atoms with Crippen LogP contribution < -0.4 is 10.6 Å². The summed E-state index contributed by atoms with van der Waals surface area (Å²) in [6.45, 7) is 1.04. The third-order valence-electron chi connectivity index (χ3n) is 3.03. The second-order valence-electron chi connectivity index (χ2n) is 4.13. The molecular weight excluding hydrogens is 204 g/mol. The van der Waals surface area contributed by atoms with E-state index < -0.39 is 0 Å². The highest BCUT2D eigenvalue weighted by molar-refractivity contribution is 5.42. The van der Waals surface area contributed by atoms with Crippen LogP contribution in [0.4, 0.5) is 11.8 Å². The zero-order chi connectivity index (χ0) is 11.4. The summed E-state index contributed by atoms with van der Waals surface area (Å²) in [5.41, 5.74) is 5.59. The predicted molar refractivity (Wildman–Crippen MR) is 63.1 cm³/mol. The van der Waals surface area contributed by atoms with Crippen LogP contribution in [0.1, 0.15) is 25.7 Å². The van der Waals surface area contributed by atoms with E-state index in [1.165, 1.54) is 19.3 Å². The Kier molecular flexibility index (Phi) is 3.56. The van der Waals surface area contributed by atoms with E-state index in [9.17, 15) is 0 Å². The van der Waals surface area contributed by atoms with Crippen molar-refractivity contribution in [3.63, 3.8) is 0 Å². The summed E-state index contributed by atoms with van der Waals surface area (Å²) in [6, 6.07) is 2.44. The molecule has 1 fully saturated rings. The van der Waals surface area contributed by atoms with E-state index in [2.05, 4.69) is 14.9 Å². The quantitative estimate of drug-likeness (QED) is 0.770. The molecule has 88 valence electrons. The Hall–Kier alpha value is -1.36. The smallest absolute Gasteiger partial charge is 0.221 e. The van der Waals surface area contributed by atoms with E-state index in [1.54, 1.807) is 6.20 Å². The second kappa shape index (κ2) is 5.12. The Morgan fingerprint density at radius 3 is 2.88 bits per heavy atom. The number of aliphatic hydroxyl groups excluding tert-OH is 1. The van der Waals surface area contributed by atoms with Gasteiger partial charge in [0.25, 0.3) is 0 Å². The van der Waals surface area contributed by atoms with Crippen molar-refractivity contribution < 1.29 is 5.11 Å². The maximum atomic E-state index is 8.91. The fourth-order valence-electron chi connectivity index (χ4n) is 1.95. The Labute approximate surface area is 95.3 Å². The van der Waals surface area contributed by atoms with Crippen molar-refractivity contribution in [2.24, 2.45) is 0 Å². The van der Waals surface area contributed by atoms with Gasteiger partial charge in [-0.25, -0.2) is 4.98 Å². The monoisotopic (exact) mass is 222 g/mol. The molecule has 3 N–H and O–H groups in total. The van der Waals surface area contributed by atoms with E-state index in [0.717, 1.165) is 18.8 Å². The van der Waals surface area contributed by atoms with Crippen LogP contribution in [0.15, 0.2) is 12.3 Å². The summed E-state index contributed by atoms with van der Waals surface area (Å²) in [5.74, 6) is 1.19. The maximum Gasteiger partial charge on any atom is 0.221 e. The lowest BCUT2D eigenvalue weighted by Crippen LogP contribution is -2.41. The van der Waals surface area contributed by atoms with Crippen molar-refractivity contribution in [3.05, 3.63) is 12.3 Å². The first-order valence-electron chi connectivity index (χ1n) is 5.77. The molecule has 0 aliphatic heterocycles. The number of nitrogens with two attached hydrogens (primary N) is 1. The van der Waals surface area contributed by atoms with Gasteiger partial charge in [0.2, 0.25) is 5.95 Å². The lowest BCUT2D eigenvalue weighted by atomic mass is 9.91. The Morgan fingerprint density at radius 2 is 2.31 bits per heavy atom. The minimum absolute atomic E-state index is 0.212. The Balaban J connectivity index is 2.10. The number of anilines is 2. The molecule has 5 heteroatoms. The van der Waals surface area contributed by atoms with Crippen molar-refractivity contribution in [1.82, 2.24) is 9.97 Å². The summed E-state index contributed by atoms with van der Waals surface area (Å²) < 4.78 is 0. The van der Waals surface area contributed by atoms with E-state index in [1.807, 2.05) is 6.07 Å². The van der Waals surface area contributed by atoms with E-state index >= 15 is 0 Å². The second-order valence-corrected chi connectivity index (χ2v) is 4.13. The van der Waals surface area contributed by atoms with E-state index in [4.69, 9.17) is 10.8 Å². The molecular formula is C11H18N4O. The number of aliphatic hydroxyl groups is 1. The molecule has 0 amide bonds. The first-order chi connectivity index (χ1) is 7.81. The molecule has 1 aliphatic carbocycles. The standard InChI is InChI=1S/C11H18N4O/c12-11-13-6-5-10(14-11)15(7-2-8-16)9-3-1-4-9/h5-6,9,16H,1-4,7-8H2,(H2,12,13,14). The Morgan fingerprint density at radius 1 is 1.50 bits per heavy atom. The van der Waals surface area contributed by atoms with Crippen LogP contribution in [-0.2, 0) is 0 Å². The molecule has 0 bridgehead atoms. The van der Waals surface area contributed by atoms with E-state index in [-0.39, 0.29) is 6.61 Å². The molecule has 1 aliphatic rings. The van der Waals surface area contributed by atoms with Gasteiger partial charge in [0.05, 0.1) is 0 Å². The number of nitrogen functional groups attached to an aromatic ring is 1. The van der Waals surface area contributed by atoms with Crippen LogP contribution in [0.5, 0.6) is 0 Å². The summed E-state index contributed by atoms with van der Waals surface area (Å²) in [4.78, 5) is 10.4. The van der Waals surface area contributed by atoms with Gasteiger partial charge in [-0.05, 0) is 31.7 Å². The highest BCUT2D eigenvalue weighted by atomic mass is 16.3. The van der Waals surface area contributed by atoms with Gasteiger partial charge < -0.3 is 15.7 Å². The molecule has 1 saturated carbocycles. The first-order valence-corrected chi connectivity index (χ1v) is 5.77. The zero-order valence-electron chi connectivity index (χ0n) is 9.34.